The molecule has 0 unspecified atom stereocenters. The highest BCUT2D eigenvalue weighted by molar-refractivity contribution is 7.11. The van der Waals surface area contributed by atoms with Gasteiger partial charge in [-0.05, 0) is 17.7 Å². The minimum Gasteiger partial charge on any atom is -0.478 e. The molecule has 2 N–H and O–H groups in total. The number of nitrogens with one attached hydrogen (secondary N) is 1. The summed E-state index contributed by atoms with van der Waals surface area (Å²) in [6, 6.07) is 6.22. The zero-order valence-corrected chi connectivity index (χ0v) is 20.4. The number of carbonyl (C=O) groups is 2. The molecule has 4 rings (SSSR count). The standard InChI is InChI=1S/C20H19ClN6O6S2/c21-16-14(34-20(31)27(16)10-12-2-1-3-13(8-12)19(29)30)9-22-23-15(28)11-33-18-17(24-35-25-18)26-4-6-32-7-5-26/h1-3,8-9H,4-7,10-11H2,(H,23,28)(H,29,30)/b22-9-. The number of carboxylic acid groups (broad SMARTS) is 1. The van der Waals surface area contributed by atoms with Crippen molar-refractivity contribution in [3.05, 3.63) is 55.1 Å². The smallest absolute Gasteiger partial charge is 0.335 e. The van der Waals surface area contributed by atoms with Gasteiger partial charge in [0.05, 0.1) is 48.1 Å². The second-order valence-electron chi connectivity index (χ2n) is 7.19. The van der Waals surface area contributed by atoms with Gasteiger partial charge >= 0.3 is 10.8 Å². The summed E-state index contributed by atoms with van der Waals surface area (Å²) in [6.45, 7) is 2.25. The number of carbonyl (C=O) groups excluding carboxylic acids is 1. The summed E-state index contributed by atoms with van der Waals surface area (Å²) in [5.41, 5.74) is 3.03. The molecule has 184 valence electrons. The summed E-state index contributed by atoms with van der Waals surface area (Å²) < 4.78 is 20.4. The SMILES string of the molecule is O=C(COc1nsnc1N1CCOCC1)N/N=C\c1sc(=O)n(Cc2cccc(C(=O)O)c2)c1Cl. The van der Waals surface area contributed by atoms with Gasteiger partial charge in [0.2, 0.25) is 5.82 Å². The van der Waals surface area contributed by atoms with Crippen molar-refractivity contribution >= 4 is 58.6 Å². The predicted molar refractivity (Wildman–Crippen MR) is 130 cm³/mol. The van der Waals surface area contributed by atoms with E-state index < -0.39 is 11.9 Å². The first kappa shape index (κ1) is 24.8. The Hall–Kier alpha value is -3.33. The Morgan fingerprint density at radius 1 is 1.31 bits per heavy atom. The second-order valence-corrected chi connectivity index (χ2v) is 9.07. The molecule has 1 amide bonds. The maximum Gasteiger partial charge on any atom is 0.335 e. The third kappa shape index (κ3) is 6.22. The van der Waals surface area contributed by atoms with E-state index in [1.807, 2.05) is 4.90 Å². The van der Waals surface area contributed by atoms with Crippen LogP contribution in [0.25, 0.3) is 0 Å². The Labute approximate surface area is 211 Å². The number of halogens is 1. The number of hydrazone groups is 1. The molecule has 0 aliphatic carbocycles. The maximum absolute atomic E-state index is 12.4. The summed E-state index contributed by atoms with van der Waals surface area (Å²) in [4.78, 5) is 37.6. The zero-order chi connectivity index (χ0) is 24.8. The number of aromatic nitrogens is 3. The van der Waals surface area contributed by atoms with E-state index >= 15 is 0 Å². The minimum atomic E-state index is -1.06. The van der Waals surface area contributed by atoms with Crippen LogP contribution in [0.3, 0.4) is 0 Å². The van der Waals surface area contributed by atoms with E-state index in [0.29, 0.717) is 42.6 Å². The van der Waals surface area contributed by atoms with Gasteiger partial charge < -0.3 is 19.5 Å². The number of rotatable bonds is 9. The number of nitrogens with zero attached hydrogens (tertiary/aromatic N) is 5. The fourth-order valence-corrected chi connectivity index (χ4v) is 4.79. The lowest BCUT2D eigenvalue weighted by molar-refractivity contribution is -0.123. The number of amides is 1. The first-order valence-electron chi connectivity index (χ1n) is 10.2. The normalized spacial score (nSPS) is 13.8. The fraction of sp³-hybridized carbons (Fsp3) is 0.300. The highest BCUT2D eigenvalue weighted by Crippen LogP contribution is 2.26. The quantitative estimate of drug-likeness (QED) is 0.305. The number of morpholine rings is 1. The van der Waals surface area contributed by atoms with E-state index in [0.717, 1.165) is 23.1 Å². The van der Waals surface area contributed by atoms with E-state index in [1.54, 1.807) is 12.1 Å². The van der Waals surface area contributed by atoms with E-state index in [1.165, 1.54) is 22.9 Å². The average molecular weight is 539 g/mol. The average Bonchev–Trinajstić information content (AvgIpc) is 3.43. The van der Waals surface area contributed by atoms with Crippen LogP contribution in [0.4, 0.5) is 5.82 Å². The lowest BCUT2D eigenvalue weighted by Crippen LogP contribution is -2.36. The van der Waals surface area contributed by atoms with E-state index in [9.17, 15) is 14.4 Å². The highest BCUT2D eigenvalue weighted by Gasteiger charge is 2.20. The molecular formula is C20H19ClN6O6S2. The molecule has 12 nitrogen and oxygen atoms in total. The number of hydrogen-bond donors (Lipinski definition) is 2. The van der Waals surface area contributed by atoms with Crippen LogP contribution in [-0.4, -0.2) is 69.4 Å². The van der Waals surface area contributed by atoms with Crippen molar-refractivity contribution in [2.75, 3.05) is 37.8 Å². The molecule has 0 spiro atoms. The summed E-state index contributed by atoms with van der Waals surface area (Å²) in [5, 5.41) is 13.1. The topological polar surface area (TPSA) is 148 Å². The molecule has 2 aromatic heterocycles. The van der Waals surface area contributed by atoms with Crippen molar-refractivity contribution in [2.45, 2.75) is 6.54 Å². The van der Waals surface area contributed by atoms with Crippen LogP contribution >= 0.6 is 34.7 Å². The van der Waals surface area contributed by atoms with Crippen LogP contribution in [0.1, 0.15) is 20.8 Å². The molecule has 0 atom stereocenters. The monoisotopic (exact) mass is 538 g/mol. The fourth-order valence-electron chi connectivity index (χ4n) is 3.17. The van der Waals surface area contributed by atoms with Crippen LogP contribution in [0.5, 0.6) is 5.88 Å². The molecule has 0 radical (unpaired) electrons. The number of benzene rings is 1. The van der Waals surface area contributed by atoms with Gasteiger partial charge in [-0.3, -0.25) is 14.2 Å². The Kier molecular flexibility index (Phi) is 8.07. The molecule has 3 aromatic rings. The number of thiazole rings is 1. The largest absolute Gasteiger partial charge is 0.478 e. The summed E-state index contributed by atoms with van der Waals surface area (Å²) >= 11 is 8.16. The lowest BCUT2D eigenvalue weighted by Gasteiger charge is -2.26. The van der Waals surface area contributed by atoms with Crippen LogP contribution in [0.2, 0.25) is 5.15 Å². The molecule has 0 bridgehead atoms. The minimum absolute atomic E-state index is 0.0937. The van der Waals surface area contributed by atoms with E-state index in [2.05, 4.69) is 19.3 Å². The van der Waals surface area contributed by atoms with Crippen LogP contribution < -0.4 is 19.9 Å². The number of carboxylic acids is 1. The Morgan fingerprint density at radius 2 is 2.11 bits per heavy atom. The van der Waals surface area contributed by atoms with Crippen molar-refractivity contribution in [1.82, 2.24) is 18.7 Å². The Balaban J connectivity index is 1.33. The first-order chi connectivity index (χ1) is 16.9. The number of aromatic carboxylic acids is 1. The molecule has 3 heterocycles. The van der Waals surface area contributed by atoms with E-state index in [-0.39, 0.29) is 34.6 Å². The molecule has 0 saturated carbocycles. The molecule has 1 aromatic carbocycles. The van der Waals surface area contributed by atoms with Gasteiger partial charge in [0, 0.05) is 13.1 Å². The van der Waals surface area contributed by atoms with Crippen LogP contribution in [0, 0.1) is 0 Å². The van der Waals surface area contributed by atoms with Crippen molar-refractivity contribution in [3.8, 4) is 5.88 Å². The van der Waals surface area contributed by atoms with Gasteiger partial charge in [-0.1, -0.05) is 35.1 Å². The number of anilines is 1. The predicted octanol–water partition coefficient (Wildman–Crippen LogP) is 1.53. The van der Waals surface area contributed by atoms with Gasteiger partial charge in [0.25, 0.3) is 11.8 Å². The third-order valence-corrected chi connectivity index (χ3v) is 6.77. The van der Waals surface area contributed by atoms with Crippen molar-refractivity contribution in [3.63, 3.8) is 0 Å². The molecule has 35 heavy (non-hydrogen) atoms. The molecular weight excluding hydrogens is 520 g/mol. The molecule has 1 aliphatic rings. The van der Waals surface area contributed by atoms with Gasteiger partial charge in [0.1, 0.15) is 5.15 Å². The number of hydrogen-bond acceptors (Lipinski definition) is 11. The Bertz CT molecular complexity index is 1300. The van der Waals surface area contributed by atoms with Crippen molar-refractivity contribution in [2.24, 2.45) is 5.10 Å². The van der Waals surface area contributed by atoms with Crippen molar-refractivity contribution < 1.29 is 24.2 Å². The third-order valence-electron chi connectivity index (χ3n) is 4.84. The summed E-state index contributed by atoms with van der Waals surface area (Å²) in [5.74, 6) is -0.759. The van der Waals surface area contributed by atoms with Gasteiger partial charge in [-0.2, -0.15) is 9.47 Å². The second kappa shape index (κ2) is 11.4. The zero-order valence-electron chi connectivity index (χ0n) is 18.0. The number of ether oxygens (including phenoxy) is 2. The maximum atomic E-state index is 12.4. The van der Waals surface area contributed by atoms with Crippen LogP contribution in [-0.2, 0) is 16.1 Å². The summed E-state index contributed by atoms with van der Waals surface area (Å²) in [6.07, 6.45) is 1.26. The molecule has 1 saturated heterocycles. The van der Waals surface area contributed by atoms with Gasteiger partial charge in [-0.15, -0.1) is 4.37 Å². The van der Waals surface area contributed by atoms with E-state index in [4.69, 9.17) is 26.2 Å². The molecule has 1 aliphatic heterocycles. The highest BCUT2D eigenvalue weighted by atomic mass is 35.5. The van der Waals surface area contributed by atoms with Gasteiger partial charge in [-0.25, -0.2) is 10.2 Å². The molecule has 15 heteroatoms. The lowest BCUT2D eigenvalue weighted by atomic mass is 10.1. The molecule has 1 fully saturated rings. The Morgan fingerprint density at radius 3 is 2.89 bits per heavy atom. The van der Waals surface area contributed by atoms with Crippen molar-refractivity contribution in [1.29, 1.82) is 0 Å². The van der Waals surface area contributed by atoms with Gasteiger partial charge in [0.15, 0.2) is 6.61 Å². The van der Waals surface area contributed by atoms with Crippen LogP contribution in [0.15, 0.2) is 34.2 Å². The summed E-state index contributed by atoms with van der Waals surface area (Å²) in [7, 11) is 0. The first-order valence-corrected chi connectivity index (χ1v) is 12.2.